The Morgan fingerprint density at radius 1 is 1.19 bits per heavy atom. The number of morpholine rings is 1. The molecule has 0 aromatic rings. The smallest absolute Gasteiger partial charge is 0.0594 e. The van der Waals surface area contributed by atoms with E-state index in [1.54, 1.807) is 0 Å². The van der Waals surface area contributed by atoms with Gasteiger partial charge in [0.15, 0.2) is 0 Å². The van der Waals surface area contributed by atoms with Crippen molar-refractivity contribution in [3.63, 3.8) is 0 Å². The number of nitrogens with one attached hydrogen (secondary N) is 1. The number of rotatable bonds is 6. The molecule has 1 aliphatic carbocycles. The Morgan fingerprint density at radius 2 is 1.86 bits per heavy atom. The maximum absolute atomic E-state index is 5.52. The molecule has 3 heteroatoms. The van der Waals surface area contributed by atoms with Crippen LogP contribution in [0.2, 0.25) is 0 Å². The van der Waals surface area contributed by atoms with Gasteiger partial charge >= 0.3 is 0 Å². The van der Waals surface area contributed by atoms with Crippen molar-refractivity contribution in [2.45, 2.75) is 66.0 Å². The third kappa shape index (κ3) is 5.22. The summed E-state index contributed by atoms with van der Waals surface area (Å²) in [6.07, 6.45) is 3.97. The lowest BCUT2D eigenvalue weighted by atomic mass is 9.91. The zero-order valence-electron chi connectivity index (χ0n) is 14.8. The summed E-state index contributed by atoms with van der Waals surface area (Å²) < 4.78 is 5.52. The van der Waals surface area contributed by atoms with Gasteiger partial charge in [0.05, 0.1) is 13.2 Å². The fourth-order valence-electron chi connectivity index (χ4n) is 4.30. The van der Waals surface area contributed by atoms with Crippen LogP contribution >= 0.6 is 0 Å². The molecule has 0 bridgehead atoms. The van der Waals surface area contributed by atoms with Crippen LogP contribution in [0.1, 0.15) is 53.9 Å². The van der Waals surface area contributed by atoms with Crippen molar-refractivity contribution < 1.29 is 4.74 Å². The summed E-state index contributed by atoms with van der Waals surface area (Å²) in [7, 11) is 0. The fourth-order valence-corrected chi connectivity index (χ4v) is 4.30. The quantitative estimate of drug-likeness (QED) is 0.815. The zero-order valence-corrected chi connectivity index (χ0v) is 14.8. The van der Waals surface area contributed by atoms with E-state index in [1.165, 1.54) is 19.3 Å². The highest BCUT2D eigenvalue weighted by atomic mass is 16.5. The first-order chi connectivity index (χ1) is 9.87. The first-order valence-electron chi connectivity index (χ1n) is 8.92. The maximum Gasteiger partial charge on any atom is 0.0594 e. The summed E-state index contributed by atoms with van der Waals surface area (Å²) in [4.78, 5) is 2.64. The Bertz CT molecular complexity index is 310. The van der Waals surface area contributed by atoms with E-state index in [1.807, 2.05) is 0 Å². The van der Waals surface area contributed by atoms with Gasteiger partial charge in [0.1, 0.15) is 0 Å². The number of hydrogen-bond acceptors (Lipinski definition) is 3. The van der Waals surface area contributed by atoms with E-state index in [2.05, 4.69) is 44.8 Å². The highest BCUT2D eigenvalue weighted by molar-refractivity contribution is 4.92. The summed E-state index contributed by atoms with van der Waals surface area (Å²) in [5.74, 6) is 1.57. The standard InChI is InChI=1S/C18H36N2O/c1-14(2)10-16(20-6-8-21-9-7-20)13-19-17-12-18(4,5)11-15(17)3/h14-17,19H,6-13H2,1-5H3. The molecule has 1 aliphatic heterocycles. The molecule has 0 aromatic heterocycles. The summed E-state index contributed by atoms with van der Waals surface area (Å²) in [6, 6.07) is 1.38. The van der Waals surface area contributed by atoms with Crippen molar-refractivity contribution in [1.29, 1.82) is 0 Å². The minimum atomic E-state index is 0.517. The van der Waals surface area contributed by atoms with Crippen LogP contribution in [0, 0.1) is 17.3 Å². The van der Waals surface area contributed by atoms with Crippen LogP contribution in [-0.4, -0.2) is 49.8 Å². The first kappa shape index (κ1) is 17.2. The minimum Gasteiger partial charge on any atom is -0.379 e. The molecular formula is C18H36N2O. The molecule has 3 unspecified atom stereocenters. The molecule has 1 saturated carbocycles. The molecule has 0 aromatic carbocycles. The van der Waals surface area contributed by atoms with Gasteiger partial charge in [-0.2, -0.15) is 0 Å². The van der Waals surface area contributed by atoms with Gasteiger partial charge in [-0.25, -0.2) is 0 Å². The zero-order chi connectivity index (χ0) is 15.5. The Balaban J connectivity index is 1.86. The third-order valence-corrected chi connectivity index (χ3v) is 5.26. The predicted molar refractivity (Wildman–Crippen MR) is 89.6 cm³/mol. The Morgan fingerprint density at radius 3 is 2.38 bits per heavy atom. The summed E-state index contributed by atoms with van der Waals surface area (Å²) in [5, 5.41) is 3.91. The van der Waals surface area contributed by atoms with E-state index < -0.39 is 0 Å². The van der Waals surface area contributed by atoms with Gasteiger partial charge in [-0.3, -0.25) is 4.90 Å². The Kier molecular flexibility index (Phi) is 6.10. The molecule has 2 fully saturated rings. The normalized spacial score (nSPS) is 31.7. The molecule has 0 spiro atoms. The van der Waals surface area contributed by atoms with E-state index >= 15 is 0 Å². The lowest BCUT2D eigenvalue weighted by molar-refractivity contribution is 0.0116. The third-order valence-electron chi connectivity index (χ3n) is 5.26. The molecule has 2 rings (SSSR count). The van der Waals surface area contributed by atoms with Crippen molar-refractivity contribution >= 4 is 0 Å². The van der Waals surface area contributed by atoms with Crippen molar-refractivity contribution in [2.75, 3.05) is 32.8 Å². The van der Waals surface area contributed by atoms with Crippen LogP contribution in [0.15, 0.2) is 0 Å². The van der Waals surface area contributed by atoms with Crippen molar-refractivity contribution in [2.24, 2.45) is 17.3 Å². The second kappa shape index (κ2) is 7.43. The SMILES string of the molecule is CC(C)CC(CNC1CC(C)(C)CC1C)N1CCOCC1. The highest BCUT2D eigenvalue weighted by Crippen LogP contribution is 2.40. The van der Waals surface area contributed by atoms with Crippen LogP contribution in [0.25, 0.3) is 0 Å². The molecule has 0 amide bonds. The van der Waals surface area contributed by atoms with Crippen LogP contribution in [0.5, 0.6) is 0 Å². The van der Waals surface area contributed by atoms with Crippen LogP contribution < -0.4 is 5.32 Å². The van der Waals surface area contributed by atoms with Gasteiger partial charge in [0, 0.05) is 31.7 Å². The van der Waals surface area contributed by atoms with Gasteiger partial charge in [0.25, 0.3) is 0 Å². The first-order valence-corrected chi connectivity index (χ1v) is 8.92. The molecule has 0 radical (unpaired) electrons. The van der Waals surface area contributed by atoms with Crippen LogP contribution in [0.3, 0.4) is 0 Å². The Hall–Kier alpha value is -0.120. The van der Waals surface area contributed by atoms with Gasteiger partial charge in [-0.15, -0.1) is 0 Å². The monoisotopic (exact) mass is 296 g/mol. The molecule has 2 aliphatic rings. The predicted octanol–water partition coefficient (Wildman–Crippen LogP) is 3.15. The minimum absolute atomic E-state index is 0.517. The molecule has 1 heterocycles. The number of ether oxygens (including phenoxy) is 1. The Labute approximate surface area is 131 Å². The summed E-state index contributed by atoms with van der Waals surface area (Å²) in [6.45, 7) is 17.1. The van der Waals surface area contributed by atoms with Gasteiger partial charge in [-0.05, 0) is 36.5 Å². The molecule has 21 heavy (non-hydrogen) atoms. The molecule has 1 saturated heterocycles. The van der Waals surface area contributed by atoms with Crippen molar-refractivity contribution in [3.05, 3.63) is 0 Å². The molecule has 124 valence electrons. The van der Waals surface area contributed by atoms with Crippen LogP contribution in [-0.2, 0) is 4.74 Å². The van der Waals surface area contributed by atoms with Crippen molar-refractivity contribution in [3.8, 4) is 0 Å². The lowest BCUT2D eigenvalue weighted by Crippen LogP contribution is -2.50. The molecule has 1 N–H and O–H groups in total. The topological polar surface area (TPSA) is 24.5 Å². The second-order valence-corrected chi connectivity index (χ2v) is 8.50. The van der Waals surface area contributed by atoms with E-state index in [0.29, 0.717) is 17.5 Å². The second-order valence-electron chi connectivity index (χ2n) is 8.50. The average Bonchev–Trinajstić information content (AvgIpc) is 2.68. The van der Waals surface area contributed by atoms with E-state index in [0.717, 1.165) is 44.7 Å². The van der Waals surface area contributed by atoms with E-state index in [4.69, 9.17) is 4.74 Å². The van der Waals surface area contributed by atoms with Crippen LogP contribution in [0.4, 0.5) is 0 Å². The van der Waals surface area contributed by atoms with Crippen molar-refractivity contribution in [1.82, 2.24) is 10.2 Å². The lowest BCUT2D eigenvalue weighted by Gasteiger charge is -2.36. The fraction of sp³-hybridized carbons (Fsp3) is 1.00. The number of nitrogens with zero attached hydrogens (tertiary/aromatic N) is 1. The van der Waals surface area contributed by atoms with Gasteiger partial charge in [0.2, 0.25) is 0 Å². The van der Waals surface area contributed by atoms with E-state index in [-0.39, 0.29) is 0 Å². The highest BCUT2D eigenvalue weighted by Gasteiger charge is 2.36. The average molecular weight is 296 g/mol. The summed E-state index contributed by atoms with van der Waals surface area (Å²) >= 11 is 0. The maximum atomic E-state index is 5.52. The number of hydrogen-bond donors (Lipinski definition) is 1. The van der Waals surface area contributed by atoms with Gasteiger partial charge in [-0.1, -0.05) is 34.6 Å². The molecular weight excluding hydrogens is 260 g/mol. The van der Waals surface area contributed by atoms with E-state index in [9.17, 15) is 0 Å². The largest absolute Gasteiger partial charge is 0.379 e. The molecule has 3 atom stereocenters. The summed E-state index contributed by atoms with van der Waals surface area (Å²) in [5.41, 5.74) is 0.517. The molecule has 3 nitrogen and oxygen atoms in total. The van der Waals surface area contributed by atoms with Gasteiger partial charge < -0.3 is 10.1 Å².